The number of rotatable bonds is 4. The van der Waals surface area contributed by atoms with Crippen LogP contribution in [-0.4, -0.2) is 31.1 Å². The molecule has 140 valence electrons. The lowest BCUT2D eigenvalue weighted by atomic mass is 9.93. The van der Waals surface area contributed by atoms with Crippen LogP contribution in [0.5, 0.6) is 0 Å². The van der Waals surface area contributed by atoms with E-state index in [0.717, 1.165) is 48.7 Å². The fourth-order valence-electron chi connectivity index (χ4n) is 2.89. The highest BCUT2D eigenvalue weighted by atomic mass is 79.9. The predicted molar refractivity (Wildman–Crippen MR) is 100 cm³/mol. The summed E-state index contributed by atoms with van der Waals surface area (Å²) in [6.45, 7) is 7.70. The van der Waals surface area contributed by atoms with Gasteiger partial charge in [0.25, 0.3) is 0 Å². The van der Waals surface area contributed by atoms with E-state index in [4.69, 9.17) is 0 Å². The zero-order chi connectivity index (χ0) is 16.3. The Morgan fingerprint density at radius 1 is 1.17 bits per heavy atom. The minimum atomic E-state index is -4.30. The Morgan fingerprint density at radius 3 is 2.25 bits per heavy atom. The Labute approximate surface area is 162 Å². The fourth-order valence-corrected chi connectivity index (χ4v) is 3.40. The molecule has 0 unspecified atom stereocenters. The normalized spacial score (nSPS) is 17.1. The molecule has 0 aliphatic carbocycles. The van der Waals surface area contributed by atoms with Gasteiger partial charge in [-0.3, -0.25) is 4.90 Å². The van der Waals surface area contributed by atoms with E-state index >= 15 is 0 Å². The first-order chi connectivity index (χ1) is 10.3. The smallest absolute Gasteiger partial charge is 0.314 e. The van der Waals surface area contributed by atoms with Crippen LogP contribution in [0, 0.1) is 5.92 Å². The summed E-state index contributed by atoms with van der Waals surface area (Å²) < 4.78 is 39.8. The van der Waals surface area contributed by atoms with Gasteiger partial charge in [0.1, 0.15) is 0 Å². The van der Waals surface area contributed by atoms with Gasteiger partial charge in [-0.25, -0.2) is 0 Å². The van der Waals surface area contributed by atoms with Crippen LogP contribution < -0.4 is 5.32 Å². The number of nitrogens with zero attached hydrogens (tertiary/aromatic N) is 1. The molecule has 1 aliphatic heterocycles. The number of hydrogen-bond donors (Lipinski definition) is 1. The van der Waals surface area contributed by atoms with Crippen molar-refractivity contribution in [2.75, 3.05) is 26.2 Å². The first-order valence-electron chi connectivity index (χ1n) is 7.60. The van der Waals surface area contributed by atoms with E-state index in [1.165, 1.54) is 12.1 Å². The number of halogens is 6. The molecule has 1 saturated heterocycles. The second kappa shape index (κ2) is 10.2. The average molecular weight is 452 g/mol. The molecular weight excluding hydrogens is 428 g/mol. The standard InChI is InChI=1S/C16H22BrF3N2.2ClH/c1-11(2)9-15(22-7-5-21-6-8-22)13-10-12(16(18,19)20)3-4-14(13)17;;/h3-4,10-11,15,21H,5-9H2,1-2H3;2*1H/t15-;;/m1../s1. The zero-order valence-electron chi connectivity index (χ0n) is 13.7. The van der Waals surface area contributed by atoms with E-state index in [1.54, 1.807) is 0 Å². The van der Waals surface area contributed by atoms with Gasteiger partial charge in [-0.1, -0.05) is 29.8 Å². The van der Waals surface area contributed by atoms with Gasteiger partial charge in [0.05, 0.1) is 5.56 Å². The van der Waals surface area contributed by atoms with Crippen LogP contribution in [0.4, 0.5) is 13.2 Å². The molecule has 1 heterocycles. The minimum absolute atomic E-state index is 0. The molecular formula is C16H24BrCl2F3N2. The van der Waals surface area contributed by atoms with Gasteiger partial charge in [-0.15, -0.1) is 24.8 Å². The molecule has 0 spiro atoms. The largest absolute Gasteiger partial charge is 0.416 e. The van der Waals surface area contributed by atoms with Crippen LogP contribution in [0.15, 0.2) is 22.7 Å². The topological polar surface area (TPSA) is 15.3 Å². The van der Waals surface area contributed by atoms with Gasteiger partial charge >= 0.3 is 6.18 Å². The summed E-state index contributed by atoms with van der Waals surface area (Å²) in [5.41, 5.74) is 0.167. The van der Waals surface area contributed by atoms with E-state index in [2.05, 4.69) is 40.0 Å². The summed E-state index contributed by atoms with van der Waals surface area (Å²) >= 11 is 3.44. The van der Waals surface area contributed by atoms with Crippen molar-refractivity contribution < 1.29 is 13.2 Å². The Hall–Kier alpha value is -0.0100. The van der Waals surface area contributed by atoms with Gasteiger partial charge in [0, 0.05) is 36.7 Å². The molecule has 1 fully saturated rings. The number of piperazine rings is 1. The molecule has 0 radical (unpaired) electrons. The minimum Gasteiger partial charge on any atom is -0.314 e. The Balaban J connectivity index is 0.00000264. The van der Waals surface area contributed by atoms with Crippen molar-refractivity contribution in [1.29, 1.82) is 0 Å². The van der Waals surface area contributed by atoms with Crippen molar-refractivity contribution in [3.05, 3.63) is 33.8 Å². The maximum absolute atomic E-state index is 13.0. The second-order valence-electron chi connectivity index (χ2n) is 6.17. The Kier molecular flexibility index (Phi) is 10.2. The fraction of sp³-hybridized carbons (Fsp3) is 0.625. The third kappa shape index (κ3) is 6.37. The van der Waals surface area contributed by atoms with Crippen molar-refractivity contribution in [2.45, 2.75) is 32.5 Å². The first kappa shape index (κ1) is 24.0. The maximum atomic E-state index is 13.0. The molecule has 2 rings (SSSR count). The molecule has 8 heteroatoms. The van der Waals surface area contributed by atoms with Crippen LogP contribution in [0.25, 0.3) is 0 Å². The summed E-state index contributed by atoms with van der Waals surface area (Å²) in [6.07, 6.45) is -3.46. The summed E-state index contributed by atoms with van der Waals surface area (Å²) in [7, 11) is 0. The van der Waals surface area contributed by atoms with Crippen molar-refractivity contribution in [2.24, 2.45) is 5.92 Å². The summed E-state index contributed by atoms with van der Waals surface area (Å²) in [5.74, 6) is 0.418. The van der Waals surface area contributed by atoms with Crippen LogP contribution in [-0.2, 0) is 6.18 Å². The van der Waals surface area contributed by atoms with Gasteiger partial charge in [-0.2, -0.15) is 13.2 Å². The molecule has 0 bridgehead atoms. The predicted octanol–water partition coefficient (Wildman–Crippen LogP) is 5.30. The van der Waals surface area contributed by atoms with Crippen molar-refractivity contribution >= 4 is 40.7 Å². The Morgan fingerprint density at radius 2 is 1.75 bits per heavy atom. The molecule has 1 atom stereocenters. The van der Waals surface area contributed by atoms with E-state index in [-0.39, 0.29) is 30.9 Å². The first-order valence-corrected chi connectivity index (χ1v) is 8.39. The van der Waals surface area contributed by atoms with Gasteiger partial charge in [0.15, 0.2) is 0 Å². The molecule has 1 aromatic rings. The molecule has 0 aromatic heterocycles. The third-order valence-corrected chi connectivity index (χ3v) is 4.69. The average Bonchev–Trinajstić information content (AvgIpc) is 2.45. The molecule has 1 aliphatic rings. The number of alkyl halides is 3. The third-order valence-electron chi connectivity index (χ3n) is 3.97. The highest BCUT2D eigenvalue weighted by Gasteiger charge is 2.33. The van der Waals surface area contributed by atoms with Crippen LogP contribution in [0.3, 0.4) is 0 Å². The van der Waals surface area contributed by atoms with Crippen LogP contribution in [0.2, 0.25) is 0 Å². The van der Waals surface area contributed by atoms with E-state index in [0.29, 0.717) is 5.92 Å². The zero-order valence-corrected chi connectivity index (χ0v) is 16.9. The second-order valence-corrected chi connectivity index (χ2v) is 7.02. The van der Waals surface area contributed by atoms with Crippen molar-refractivity contribution in [3.8, 4) is 0 Å². The Bertz CT molecular complexity index is 507. The molecule has 24 heavy (non-hydrogen) atoms. The van der Waals surface area contributed by atoms with Gasteiger partial charge < -0.3 is 5.32 Å². The van der Waals surface area contributed by atoms with Crippen LogP contribution in [0.1, 0.15) is 37.4 Å². The number of benzene rings is 1. The molecule has 2 nitrogen and oxygen atoms in total. The molecule has 1 aromatic carbocycles. The monoisotopic (exact) mass is 450 g/mol. The highest BCUT2D eigenvalue weighted by Crippen LogP contribution is 2.37. The van der Waals surface area contributed by atoms with Crippen LogP contribution >= 0.6 is 40.7 Å². The van der Waals surface area contributed by atoms with Crippen molar-refractivity contribution in [3.63, 3.8) is 0 Å². The van der Waals surface area contributed by atoms with Crippen molar-refractivity contribution in [1.82, 2.24) is 10.2 Å². The van der Waals surface area contributed by atoms with E-state index in [1.807, 2.05) is 0 Å². The van der Waals surface area contributed by atoms with Gasteiger partial charge in [-0.05, 0) is 36.1 Å². The van der Waals surface area contributed by atoms with E-state index < -0.39 is 11.7 Å². The summed E-state index contributed by atoms with van der Waals surface area (Å²) in [5, 5.41) is 3.29. The van der Waals surface area contributed by atoms with Gasteiger partial charge in [0.2, 0.25) is 0 Å². The SMILES string of the molecule is CC(C)C[C@H](c1cc(C(F)(F)F)ccc1Br)N1CCNCC1.Cl.Cl. The lowest BCUT2D eigenvalue weighted by Crippen LogP contribution is -2.45. The maximum Gasteiger partial charge on any atom is 0.416 e. The molecule has 0 amide bonds. The van der Waals surface area contributed by atoms with E-state index in [9.17, 15) is 13.2 Å². The molecule has 0 saturated carbocycles. The summed E-state index contributed by atoms with van der Waals surface area (Å²) in [4.78, 5) is 2.29. The molecule has 1 N–H and O–H groups in total. The lowest BCUT2D eigenvalue weighted by molar-refractivity contribution is -0.137. The lowest BCUT2D eigenvalue weighted by Gasteiger charge is -2.37. The highest BCUT2D eigenvalue weighted by molar-refractivity contribution is 9.10. The quantitative estimate of drug-likeness (QED) is 0.667. The number of hydrogen-bond acceptors (Lipinski definition) is 2. The summed E-state index contributed by atoms with van der Waals surface area (Å²) in [6, 6.07) is 3.98. The number of nitrogens with one attached hydrogen (secondary N) is 1.